The van der Waals surface area contributed by atoms with Crippen molar-refractivity contribution in [1.29, 1.82) is 0 Å². The molecular formula is C12H12O3. The number of hydrogen-bond acceptors (Lipinski definition) is 3. The topological polar surface area (TPSA) is 35.5 Å². The molecule has 2 aliphatic rings. The molecular weight excluding hydrogens is 192 g/mol. The first-order chi connectivity index (χ1) is 7.36. The fourth-order valence-corrected chi connectivity index (χ4v) is 2.01. The zero-order valence-corrected chi connectivity index (χ0v) is 8.36. The average Bonchev–Trinajstić information content (AvgIpc) is 2.61. The Hall–Kier alpha value is -1.51. The number of hydrogen-bond donors (Lipinski definition) is 0. The Morgan fingerprint density at radius 1 is 1.27 bits per heavy atom. The van der Waals surface area contributed by atoms with Crippen molar-refractivity contribution in [2.24, 2.45) is 5.92 Å². The molecule has 0 radical (unpaired) electrons. The smallest absolute Gasteiger partial charge is 0.231 e. The molecule has 0 N–H and O–H groups in total. The van der Waals surface area contributed by atoms with Crippen molar-refractivity contribution in [3.05, 3.63) is 23.8 Å². The lowest BCUT2D eigenvalue weighted by Crippen LogP contribution is -2.22. The lowest BCUT2D eigenvalue weighted by molar-refractivity contribution is 0.0850. The molecule has 0 bridgehead atoms. The van der Waals surface area contributed by atoms with Crippen molar-refractivity contribution in [2.75, 3.05) is 6.79 Å². The van der Waals surface area contributed by atoms with E-state index in [1.54, 1.807) is 0 Å². The number of benzene rings is 1. The molecule has 0 amide bonds. The highest BCUT2D eigenvalue weighted by Gasteiger charge is 2.30. The summed E-state index contributed by atoms with van der Waals surface area (Å²) in [6.07, 6.45) is 3.20. The molecule has 3 nitrogen and oxygen atoms in total. The Morgan fingerprint density at radius 3 is 2.87 bits per heavy atom. The van der Waals surface area contributed by atoms with Crippen molar-refractivity contribution in [2.45, 2.75) is 19.3 Å². The van der Waals surface area contributed by atoms with Crippen LogP contribution in [0.3, 0.4) is 0 Å². The van der Waals surface area contributed by atoms with E-state index in [-0.39, 0.29) is 18.5 Å². The van der Waals surface area contributed by atoms with Crippen LogP contribution in [0.2, 0.25) is 0 Å². The summed E-state index contributed by atoms with van der Waals surface area (Å²) in [6.45, 7) is 0.226. The molecule has 1 saturated carbocycles. The van der Waals surface area contributed by atoms with Gasteiger partial charge in [-0.1, -0.05) is 12.5 Å². The molecule has 0 atom stereocenters. The first-order valence-corrected chi connectivity index (χ1v) is 5.29. The van der Waals surface area contributed by atoms with Gasteiger partial charge in [-0.25, -0.2) is 0 Å². The summed E-state index contributed by atoms with van der Waals surface area (Å²) in [5.41, 5.74) is 0.690. The van der Waals surface area contributed by atoms with Crippen LogP contribution in [0.4, 0.5) is 0 Å². The van der Waals surface area contributed by atoms with Gasteiger partial charge in [0.25, 0.3) is 0 Å². The van der Waals surface area contributed by atoms with E-state index in [0.29, 0.717) is 17.1 Å². The summed E-state index contributed by atoms with van der Waals surface area (Å²) in [5.74, 6) is 1.75. The number of rotatable bonds is 2. The molecule has 1 aliphatic carbocycles. The summed E-state index contributed by atoms with van der Waals surface area (Å²) in [5, 5.41) is 0. The van der Waals surface area contributed by atoms with E-state index in [9.17, 15) is 4.79 Å². The largest absolute Gasteiger partial charge is 0.454 e. The Bertz CT molecular complexity index is 407. The Kier molecular flexibility index (Phi) is 1.91. The van der Waals surface area contributed by atoms with E-state index < -0.39 is 0 Å². The monoisotopic (exact) mass is 204 g/mol. The van der Waals surface area contributed by atoms with E-state index in [1.807, 2.05) is 18.2 Å². The van der Waals surface area contributed by atoms with E-state index in [0.717, 1.165) is 12.8 Å². The van der Waals surface area contributed by atoms with Gasteiger partial charge in [0.1, 0.15) is 0 Å². The predicted molar refractivity (Wildman–Crippen MR) is 54.2 cm³/mol. The van der Waals surface area contributed by atoms with Crippen molar-refractivity contribution >= 4 is 5.78 Å². The van der Waals surface area contributed by atoms with Crippen LogP contribution in [0.1, 0.15) is 29.6 Å². The lowest BCUT2D eigenvalue weighted by Gasteiger charge is -2.24. The van der Waals surface area contributed by atoms with Crippen LogP contribution < -0.4 is 9.47 Å². The quantitative estimate of drug-likeness (QED) is 0.694. The first kappa shape index (κ1) is 8.77. The van der Waals surface area contributed by atoms with Crippen molar-refractivity contribution < 1.29 is 14.3 Å². The molecule has 0 spiro atoms. The summed E-state index contributed by atoms with van der Waals surface area (Å²) >= 11 is 0. The lowest BCUT2D eigenvalue weighted by atomic mass is 9.80. The minimum Gasteiger partial charge on any atom is -0.454 e. The SMILES string of the molecule is O=C(c1cccc2c1OCO2)C1CCC1. The Labute approximate surface area is 88.0 Å². The molecule has 0 unspecified atom stereocenters. The van der Waals surface area contributed by atoms with Gasteiger partial charge in [0.2, 0.25) is 6.79 Å². The highest BCUT2D eigenvalue weighted by atomic mass is 16.7. The van der Waals surface area contributed by atoms with Crippen LogP contribution >= 0.6 is 0 Å². The standard InChI is InChI=1S/C12H12O3/c13-11(8-3-1-4-8)9-5-2-6-10-12(9)15-7-14-10/h2,5-6,8H,1,3-4,7H2. The number of fused-ring (bicyclic) bond motifs is 1. The molecule has 78 valence electrons. The normalized spacial score (nSPS) is 18.7. The molecule has 1 aromatic rings. The third-order valence-corrected chi connectivity index (χ3v) is 3.14. The summed E-state index contributed by atoms with van der Waals surface area (Å²) in [4.78, 5) is 12.1. The van der Waals surface area contributed by atoms with Crippen molar-refractivity contribution in [1.82, 2.24) is 0 Å². The van der Waals surface area contributed by atoms with Crippen LogP contribution in [-0.2, 0) is 0 Å². The van der Waals surface area contributed by atoms with Gasteiger partial charge in [0.15, 0.2) is 17.3 Å². The summed E-state index contributed by atoms with van der Waals surface area (Å²) < 4.78 is 10.6. The van der Waals surface area contributed by atoms with Crippen molar-refractivity contribution in [3.8, 4) is 11.5 Å². The summed E-state index contributed by atoms with van der Waals surface area (Å²) in [6, 6.07) is 5.51. The first-order valence-electron chi connectivity index (χ1n) is 5.29. The van der Waals surface area contributed by atoms with E-state index in [1.165, 1.54) is 6.42 Å². The zero-order valence-electron chi connectivity index (χ0n) is 8.36. The fourth-order valence-electron chi connectivity index (χ4n) is 2.01. The second-order valence-electron chi connectivity index (χ2n) is 4.03. The third kappa shape index (κ3) is 1.30. The fraction of sp³-hybridized carbons (Fsp3) is 0.417. The van der Waals surface area contributed by atoms with Gasteiger partial charge in [0, 0.05) is 5.92 Å². The molecule has 15 heavy (non-hydrogen) atoms. The molecule has 3 rings (SSSR count). The number of Topliss-reactive ketones (excluding diaryl/α,β-unsaturated/α-hetero) is 1. The number of ketones is 1. The number of carbonyl (C=O) groups is 1. The Balaban J connectivity index is 1.97. The maximum atomic E-state index is 12.1. The van der Waals surface area contributed by atoms with Crippen molar-refractivity contribution in [3.63, 3.8) is 0 Å². The number of ether oxygens (including phenoxy) is 2. The third-order valence-electron chi connectivity index (χ3n) is 3.14. The van der Waals surface area contributed by atoms with Crippen LogP contribution in [0.15, 0.2) is 18.2 Å². The van der Waals surface area contributed by atoms with Crippen LogP contribution in [-0.4, -0.2) is 12.6 Å². The number of carbonyl (C=O) groups excluding carboxylic acids is 1. The highest BCUT2D eigenvalue weighted by Crippen LogP contribution is 2.39. The maximum Gasteiger partial charge on any atom is 0.231 e. The van der Waals surface area contributed by atoms with Crippen LogP contribution in [0.25, 0.3) is 0 Å². The maximum absolute atomic E-state index is 12.1. The average molecular weight is 204 g/mol. The minimum absolute atomic E-state index is 0.209. The second kappa shape index (κ2) is 3.26. The second-order valence-corrected chi connectivity index (χ2v) is 4.03. The molecule has 0 saturated heterocycles. The summed E-state index contributed by atoms with van der Waals surface area (Å²) in [7, 11) is 0. The van der Waals surface area contributed by atoms with Gasteiger partial charge in [0.05, 0.1) is 5.56 Å². The zero-order chi connectivity index (χ0) is 10.3. The molecule has 1 aliphatic heterocycles. The van der Waals surface area contributed by atoms with Gasteiger partial charge >= 0.3 is 0 Å². The van der Waals surface area contributed by atoms with Gasteiger partial charge in [-0.2, -0.15) is 0 Å². The molecule has 0 aromatic heterocycles. The van der Waals surface area contributed by atoms with E-state index in [2.05, 4.69) is 0 Å². The van der Waals surface area contributed by atoms with Crippen LogP contribution in [0.5, 0.6) is 11.5 Å². The molecule has 1 aromatic carbocycles. The van der Waals surface area contributed by atoms with Gasteiger partial charge in [-0.3, -0.25) is 4.79 Å². The minimum atomic E-state index is 0.209. The number of para-hydroxylation sites is 1. The van der Waals surface area contributed by atoms with Gasteiger partial charge < -0.3 is 9.47 Å². The molecule has 1 fully saturated rings. The van der Waals surface area contributed by atoms with Gasteiger partial charge in [-0.05, 0) is 25.0 Å². The molecule has 3 heteroatoms. The Morgan fingerprint density at radius 2 is 2.13 bits per heavy atom. The van der Waals surface area contributed by atoms with Crippen LogP contribution in [0, 0.1) is 5.92 Å². The van der Waals surface area contributed by atoms with E-state index in [4.69, 9.17) is 9.47 Å². The highest BCUT2D eigenvalue weighted by molar-refractivity contribution is 6.01. The van der Waals surface area contributed by atoms with Gasteiger partial charge in [-0.15, -0.1) is 0 Å². The van der Waals surface area contributed by atoms with E-state index >= 15 is 0 Å². The predicted octanol–water partition coefficient (Wildman–Crippen LogP) is 2.40. The molecule has 1 heterocycles.